The minimum Gasteiger partial charge on any atom is -0.307 e. The van der Waals surface area contributed by atoms with Gasteiger partial charge in [0.25, 0.3) is 5.91 Å². The zero-order valence-corrected chi connectivity index (χ0v) is 13.4. The minimum atomic E-state index is -0.156. The van der Waals surface area contributed by atoms with Crippen LogP contribution in [0.25, 0.3) is 0 Å². The van der Waals surface area contributed by atoms with E-state index in [0.29, 0.717) is 16.0 Å². The molecule has 2 rings (SSSR count). The molecule has 1 amide bonds. The Morgan fingerprint density at radius 1 is 1.10 bits per heavy atom. The van der Waals surface area contributed by atoms with Gasteiger partial charge in [0.05, 0.1) is 0 Å². The molecule has 2 aromatic rings. The number of carbonyl (C=O) groups is 1. The molecule has 4 heteroatoms. The van der Waals surface area contributed by atoms with Crippen LogP contribution < -0.4 is 5.32 Å². The summed E-state index contributed by atoms with van der Waals surface area (Å²) in [6.45, 7) is 6.44. The maximum absolute atomic E-state index is 12.1. The molecule has 0 atom stereocenters. The number of hydrogen-bond acceptors (Lipinski definition) is 2. The molecule has 1 aromatic carbocycles. The zero-order chi connectivity index (χ0) is 14.8. The first-order valence-corrected chi connectivity index (χ1v) is 7.20. The predicted molar refractivity (Wildman–Crippen MR) is 85.0 cm³/mol. The van der Waals surface area contributed by atoms with E-state index in [9.17, 15) is 4.79 Å². The Morgan fingerprint density at radius 2 is 1.75 bits per heavy atom. The van der Waals surface area contributed by atoms with Gasteiger partial charge in [0.2, 0.25) is 0 Å². The van der Waals surface area contributed by atoms with E-state index < -0.39 is 0 Å². The van der Waals surface area contributed by atoms with Gasteiger partial charge >= 0.3 is 0 Å². The molecule has 0 radical (unpaired) electrons. The van der Waals surface area contributed by atoms with Crippen molar-refractivity contribution >= 4 is 27.7 Å². The summed E-state index contributed by atoms with van der Waals surface area (Å²) in [5.74, 6) is 0.375. The minimum absolute atomic E-state index is 0.0842. The Labute approximate surface area is 127 Å². The molecule has 0 saturated heterocycles. The summed E-state index contributed by atoms with van der Waals surface area (Å²) >= 11 is 3.28. The van der Waals surface area contributed by atoms with E-state index in [1.807, 2.05) is 36.4 Å². The Morgan fingerprint density at radius 3 is 2.30 bits per heavy atom. The lowest BCUT2D eigenvalue weighted by atomic mass is 9.87. The van der Waals surface area contributed by atoms with Crippen LogP contribution in [-0.2, 0) is 5.41 Å². The Hall–Kier alpha value is -1.68. The molecule has 0 unspecified atom stereocenters. The number of amides is 1. The van der Waals surface area contributed by atoms with Crippen LogP contribution in [-0.4, -0.2) is 10.9 Å². The first-order chi connectivity index (χ1) is 9.36. The van der Waals surface area contributed by atoms with E-state index in [-0.39, 0.29) is 11.3 Å². The molecule has 0 aliphatic heterocycles. The fourth-order valence-corrected chi connectivity index (χ4v) is 2.13. The summed E-state index contributed by atoms with van der Waals surface area (Å²) in [5.41, 5.74) is 1.91. The highest BCUT2D eigenvalue weighted by atomic mass is 79.9. The lowest BCUT2D eigenvalue weighted by Gasteiger charge is -2.19. The summed E-state index contributed by atoms with van der Waals surface area (Å²) in [5, 5.41) is 2.78. The molecule has 20 heavy (non-hydrogen) atoms. The molecule has 0 aliphatic carbocycles. The van der Waals surface area contributed by atoms with Gasteiger partial charge < -0.3 is 5.32 Å². The highest BCUT2D eigenvalue weighted by Gasteiger charge is 2.14. The van der Waals surface area contributed by atoms with Gasteiger partial charge in [-0.05, 0) is 51.2 Å². The van der Waals surface area contributed by atoms with Crippen molar-refractivity contribution in [2.75, 3.05) is 5.32 Å². The van der Waals surface area contributed by atoms with E-state index in [1.54, 1.807) is 6.07 Å². The summed E-state index contributed by atoms with van der Waals surface area (Å²) in [6, 6.07) is 13.1. The van der Waals surface area contributed by atoms with Crippen LogP contribution in [0.4, 0.5) is 5.82 Å². The highest BCUT2D eigenvalue weighted by Crippen LogP contribution is 2.22. The average Bonchev–Trinajstić information content (AvgIpc) is 2.38. The van der Waals surface area contributed by atoms with Crippen LogP contribution in [0.3, 0.4) is 0 Å². The van der Waals surface area contributed by atoms with Gasteiger partial charge in [-0.15, -0.1) is 0 Å². The number of nitrogens with zero attached hydrogens (tertiary/aromatic N) is 1. The third-order valence-electron chi connectivity index (χ3n) is 2.97. The molecular formula is C16H17BrN2O. The van der Waals surface area contributed by atoms with E-state index in [0.717, 1.165) is 0 Å². The molecule has 0 fully saturated rings. The van der Waals surface area contributed by atoms with Crippen molar-refractivity contribution in [3.8, 4) is 0 Å². The number of anilines is 1. The van der Waals surface area contributed by atoms with Crippen LogP contribution in [0.5, 0.6) is 0 Å². The van der Waals surface area contributed by atoms with Gasteiger partial charge in [-0.1, -0.05) is 39.0 Å². The maximum atomic E-state index is 12.1. The van der Waals surface area contributed by atoms with Crippen molar-refractivity contribution in [2.24, 2.45) is 0 Å². The number of benzene rings is 1. The van der Waals surface area contributed by atoms with Gasteiger partial charge in [-0.3, -0.25) is 4.79 Å². The van der Waals surface area contributed by atoms with Crippen LogP contribution in [0, 0.1) is 0 Å². The molecule has 1 heterocycles. The molecule has 3 nitrogen and oxygen atoms in total. The van der Waals surface area contributed by atoms with Crippen molar-refractivity contribution in [2.45, 2.75) is 26.2 Å². The van der Waals surface area contributed by atoms with Gasteiger partial charge in [0, 0.05) is 5.56 Å². The van der Waals surface area contributed by atoms with Crippen molar-refractivity contribution in [3.63, 3.8) is 0 Å². The molecule has 1 N–H and O–H groups in total. The Kier molecular flexibility index (Phi) is 4.23. The quantitative estimate of drug-likeness (QED) is 0.828. The lowest BCUT2D eigenvalue weighted by molar-refractivity contribution is 0.102. The molecule has 1 aromatic heterocycles. The van der Waals surface area contributed by atoms with Crippen LogP contribution in [0.2, 0.25) is 0 Å². The smallest absolute Gasteiger partial charge is 0.256 e. The van der Waals surface area contributed by atoms with Crippen LogP contribution in [0.15, 0.2) is 47.1 Å². The second kappa shape index (κ2) is 5.75. The van der Waals surface area contributed by atoms with Gasteiger partial charge in [-0.2, -0.15) is 0 Å². The predicted octanol–water partition coefficient (Wildman–Crippen LogP) is 4.39. The van der Waals surface area contributed by atoms with E-state index >= 15 is 0 Å². The first-order valence-electron chi connectivity index (χ1n) is 6.41. The summed E-state index contributed by atoms with van der Waals surface area (Å²) in [6.07, 6.45) is 0. The summed E-state index contributed by atoms with van der Waals surface area (Å²) in [7, 11) is 0. The topological polar surface area (TPSA) is 42.0 Å². The molecule has 0 aliphatic rings. The van der Waals surface area contributed by atoms with Gasteiger partial charge in [-0.25, -0.2) is 4.98 Å². The number of hydrogen-bond donors (Lipinski definition) is 1. The second-order valence-electron chi connectivity index (χ2n) is 5.63. The first kappa shape index (κ1) is 14.7. The normalized spacial score (nSPS) is 11.2. The van der Waals surface area contributed by atoms with E-state index in [1.165, 1.54) is 5.56 Å². The van der Waals surface area contributed by atoms with E-state index in [2.05, 4.69) is 47.0 Å². The molecule has 0 saturated carbocycles. The van der Waals surface area contributed by atoms with Gasteiger partial charge in [0.15, 0.2) is 0 Å². The van der Waals surface area contributed by atoms with Crippen molar-refractivity contribution in [1.29, 1.82) is 0 Å². The van der Waals surface area contributed by atoms with Crippen LogP contribution in [0.1, 0.15) is 36.7 Å². The SMILES string of the molecule is CC(C)(C)c1ccc(C(=O)Nc2cccc(Br)n2)cc1. The highest BCUT2D eigenvalue weighted by molar-refractivity contribution is 9.10. The third kappa shape index (κ3) is 3.67. The summed E-state index contributed by atoms with van der Waals surface area (Å²) < 4.78 is 0.693. The Balaban J connectivity index is 2.14. The lowest BCUT2D eigenvalue weighted by Crippen LogP contribution is -2.15. The molecule has 104 valence electrons. The number of carbonyl (C=O) groups excluding carboxylic acids is 1. The summed E-state index contributed by atoms with van der Waals surface area (Å²) in [4.78, 5) is 16.3. The Bertz CT molecular complexity index is 615. The van der Waals surface area contributed by atoms with Crippen molar-refractivity contribution in [3.05, 3.63) is 58.2 Å². The fraction of sp³-hybridized carbons (Fsp3) is 0.250. The number of rotatable bonds is 2. The fourth-order valence-electron chi connectivity index (χ4n) is 1.79. The largest absolute Gasteiger partial charge is 0.307 e. The number of aromatic nitrogens is 1. The monoisotopic (exact) mass is 332 g/mol. The number of nitrogens with one attached hydrogen (secondary N) is 1. The second-order valence-corrected chi connectivity index (χ2v) is 6.44. The van der Waals surface area contributed by atoms with Gasteiger partial charge in [0.1, 0.15) is 10.4 Å². The standard InChI is InChI=1S/C16H17BrN2O/c1-16(2,3)12-9-7-11(8-10-12)15(20)19-14-6-4-5-13(17)18-14/h4-10H,1-3H3,(H,18,19,20). The zero-order valence-electron chi connectivity index (χ0n) is 11.8. The molecule has 0 bridgehead atoms. The number of pyridine rings is 1. The number of halogens is 1. The van der Waals surface area contributed by atoms with Crippen molar-refractivity contribution < 1.29 is 4.79 Å². The van der Waals surface area contributed by atoms with Crippen LogP contribution >= 0.6 is 15.9 Å². The van der Waals surface area contributed by atoms with E-state index in [4.69, 9.17) is 0 Å². The molecule has 0 spiro atoms. The molecular weight excluding hydrogens is 316 g/mol. The van der Waals surface area contributed by atoms with Crippen molar-refractivity contribution in [1.82, 2.24) is 4.98 Å². The maximum Gasteiger partial charge on any atom is 0.256 e. The average molecular weight is 333 g/mol. The third-order valence-corrected chi connectivity index (χ3v) is 3.41.